The maximum Gasteiger partial charge on any atom is 0.251 e. The number of morpholine rings is 1. The molecule has 3 saturated heterocycles. The average Bonchev–Trinajstić information content (AvgIpc) is 3.20. The highest BCUT2D eigenvalue weighted by atomic mass is 32.1. The van der Waals surface area contributed by atoms with Crippen molar-refractivity contribution < 1.29 is 14.3 Å². The van der Waals surface area contributed by atoms with Crippen LogP contribution in [-0.2, 0) is 14.3 Å². The quantitative estimate of drug-likeness (QED) is 0.796. The predicted octanol–water partition coefficient (Wildman–Crippen LogP) is 0.832. The number of nitrogens with zero attached hydrogens (tertiary/aromatic N) is 4. The molecule has 3 atom stereocenters. The van der Waals surface area contributed by atoms with E-state index in [0.717, 1.165) is 35.9 Å². The van der Waals surface area contributed by atoms with Crippen LogP contribution in [0.25, 0.3) is 0 Å². The first kappa shape index (κ1) is 15.3. The maximum absolute atomic E-state index is 12.6. The summed E-state index contributed by atoms with van der Waals surface area (Å²) >= 11 is 1.63. The van der Waals surface area contributed by atoms with Crippen LogP contribution in [0.1, 0.15) is 24.3 Å². The molecule has 0 saturated carbocycles. The molecule has 23 heavy (non-hydrogen) atoms. The Bertz CT molecular complexity index is 575. The van der Waals surface area contributed by atoms with E-state index in [-0.39, 0.29) is 18.1 Å². The summed E-state index contributed by atoms with van der Waals surface area (Å²) in [5.41, 5.74) is 0. The van der Waals surface area contributed by atoms with Crippen molar-refractivity contribution in [1.82, 2.24) is 15.1 Å². The number of hydrogen-bond donors (Lipinski definition) is 0. The minimum absolute atomic E-state index is 0.128. The molecule has 0 radical (unpaired) electrons. The summed E-state index contributed by atoms with van der Waals surface area (Å²) in [6.45, 7) is 5.54. The van der Waals surface area contributed by atoms with Crippen molar-refractivity contribution >= 4 is 22.4 Å². The maximum atomic E-state index is 12.6. The van der Waals surface area contributed by atoms with Crippen molar-refractivity contribution in [2.45, 2.75) is 44.4 Å². The van der Waals surface area contributed by atoms with Gasteiger partial charge < -0.3 is 19.3 Å². The lowest BCUT2D eigenvalue weighted by Gasteiger charge is -2.37. The number of aromatic nitrogens is 2. The summed E-state index contributed by atoms with van der Waals surface area (Å²) in [6.07, 6.45) is 2.56. The van der Waals surface area contributed by atoms with E-state index in [0.29, 0.717) is 32.3 Å². The highest BCUT2D eigenvalue weighted by Gasteiger charge is 2.43. The van der Waals surface area contributed by atoms with Gasteiger partial charge in [0.05, 0.1) is 25.4 Å². The van der Waals surface area contributed by atoms with Crippen molar-refractivity contribution in [2.24, 2.45) is 0 Å². The Kier molecular flexibility index (Phi) is 4.21. The third kappa shape index (κ3) is 2.95. The first-order chi connectivity index (χ1) is 11.2. The van der Waals surface area contributed by atoms with Gasteiger partial charge in [0.2, 0.25) is 5.13 Å². The van der Waals surface area contributed by atoms with E-state index in [9.17, 15) is 4.79 Å². The largest absolute Gasteiger partial charge is 0.378 e. The molecule has 126 valence electrons. The second-order valence-corrected chi connectivity index (χ2v) is 7.49. The van der Waals surface area contributed by atoms with Crippen molar-refractivity contribution in [1.29, 1.82) is 0 Å². The van der Waals surface area contributed by atoms with Crippen LogP contribution in [0, 0.1) is 6.92 Å². The van der Waals surface area contributed by atoms with Crippen LogP contribution < -0.4 is 4.90 Å². The van der Waals surface area contributed by atoms with Crippen LogP contribution >= 0.6 is 11.3 Å². The normalized spacial score (nSPS) is 31.3. The van der Waals surface area contributed by atoms with Gasteiger partial charge in [-0.2, -0.15) is 0 Å². The Morgan fingerprint density at radius 1 is 1.17 bits per heavy atom. The van der Waals surface area contributed by atoms with E-state index in [1.807, 2.05) is 11.8 Å². The van der Waals surface area contributed by atoms with E-state index < -0.39 is 0 Å². The Morgan fingerprint density at radius 3 is 2.74 bits per heavy atom. The lowest BCUT2D eigenvalue weighted by atomic mass is 9.98. The summed E-state index contributed by atoms with van der Waals surface area (Å²) in [4.78, 5) is 16.8. The number of aryl methyl sites for hydroxylation is 1. The van der Waals surface area contributed by atoms with Gasteiger partial charge in [0.15, 0.2) is 0 Å². The van der Waals surface area contributed by atoms with Crippen LogP contribution in [0.5, 0.6) is 0 Å². The van der Waals surface area contributed by atoms with Gasteiger partial charge in [-0.05, 0) is 26.2 Å². The van der Waals surface area contributed by atoms with Crippen LogP contribution in [0.3, 0.4) is 0 Å². The van der Waals surface area contributed by atoms with E-state index >= 15 is 0 Å². The van der Waals surface area contributed by atoms with E-state index in [1.165, 1.54) is 0 Å². The highest BCUT2D eigenvalue weighted by Crippen LogP contribution is 2.36. The minimum Gasteiger partial charge on any atom is -0.378 e. The summed E-state index contributed by atoms with van der Waals surface area (Å²) in [6, 6.07) is 0.330. The monoisotopic (exact) mass is 338 g/mol. The van der Waals surface area contributed by atoms with Crippen LogP contribution in [-0.4, -0.2) is 72.1 Å². The van der Waals surface area contributed by atoms with Crippen LogP contribution in [0.4, 0.5) is 5.13 Å². The number of amides is 1. The minimum atomic E-state index is -0.287. The zero-order chi connectivity index (χ0) is 15.8. The first-order valence-electron chi connectivity index (χ1n) is 8.31. The zero-order valence-corrected chi connectivity index (χ0v) is 14.1. The molecule has 4 heterocycles. The lowest BCUT2D eigenvalue weighted by Crippen LogP contribution is -2.51. The molecule has 3 aliphatic rings. The van der Waals surface area contributed by atoms with Gasteiger partial charge in [0.1, 0.15) is 11.1 Å². The number of carbonyl (C=O) groups is 1. The molecule has 0 aromatic carbocycles. The van der Waals surface area contributed by atoms with Gasteiger partial charge in [0.25, 0.3) is 5.91 Å². The van der Waals surface area contributed by atoms with Crippen molar-refractivity contribution in [3.05, 3.63) is 5.01 Å². The van der Waals surface area contributed by atoms with Gasteiger partial charge in [-0.25, -0.2) is 0 Å². The molecule has 0 spiro atoms. The molecule has 1 aromatic rings. The molecular weight excluding hydrogens is 316 g/mol. The number of hydrogen-bond acceptors (Lipinski definition) is 7. The van der Waals surface area contributed by atoms with E-state index in [1.54, 1.807) is 11.3 Å². The molecule has 0 bridgehead atoms. The fourth-order valence-corrected chi connectivity index (χ4v) is 4.51. The second-order valence-electron chi connectivity index (χ2n) is 6.33. The van der Waals surface area contributed by atoms with Crippen molar-refractivity contribution in [3.8, 4) is 0 Å². The number of fused-ring (bicyclic) bond motifs is 1. The second kappa shape index (κ2) is 6.33. The number of ether oxygens (including phenoxy) is 2. The van der Waals surface area contributed by atoms with Crippen LogP contribution in [0.2, 0.25) is 0 Å². The molecule has 3 aliphatic heterocycles. The highest BCUT2D eigenvalue weighted by molar-refractivity contribution is 7.15. The predicted molar refractivity (Wildman–Crippen MR) is 85.7 cm³/mol. The standard InChI is InChI=1S/C15H22N4O3S/c1-10-16-17-15(23-10)19-5-4-12-11(19)2-3-13(22-12)14(20)18-6-8-21-9-7-18/h11-13H,2-9H2,1H3/t11-,12-,13-/m0/s1. The molecule has 0 unspecified atom stereocenters. The topological polar surface area (TPSA) is 67.8 Å². The molecule has 0 aliphatic carbocycles. The number of anilines is 1. The van der Waals surface area contributed by atoms with Gasteiger partial charge >= 0.3 is 0 Å². The molecule has 1 aromatic heterocycles. The SMILES string of the molecule is Cc1nnc(N2CC[C@@H]3O[C@H](C(=O)N4CCOCC4)CC[C@@H]32)s1. The van der Waals surface area contributed by atoms with E-state index in [4.69, 9.17) is 9.47 Å². The smallest absolute Gasteiger partial charge is 0.251 e. The Balaban J connectivity index is 1.40. The molecule has 0 N–H and O–H groups in total. The molecule has 1 amide bonds. The van der Waals surface area contributed by atoms with Crippen molar-refractivity contribution in [3.63, 3.8) is 0 Å². The first-order valence-corrected chi connectivity index (χ1v) is 9.13. The molecule has 8 heteroatoms. The Hall–Kier alpha value is -1.25. The molecule has 7 nitrogen and oxygen atoms in total. The van der Waals surface area contributed by atoms with Gasteiger partial charge in [-0.15, -0.1) is 10.2 Å². The third-order valence-corrected chi connectivity index (χ3v) is 5.78. The summed E-state index contributed by atoms with van der Waals surface area (Å²) in [5, 5.41) is 10.4. The molecule has 3 fully saturated rings. The lowest BCUT2D eigenvalue weighted by molar-refractivity contribution is -0.156. The zero-order valence-electron chi connectivity index (χ0n) is 13.3. The third-order valence-electron chi connectivity index (χ3n) is 4.91. The molecule has 4 rings (SSSR count). The fourth-order valence-electron chi connectivity index (χ4n) is 3.74. The summed E-state index contributed by atoms with van der Waals surface area (Å²) < 4.78 is 11.5. The van der Waals surface area contributed by atoms with Crippen LogP contribution in [0.15, 0.2) is 0 Å². The molecular formula is C15H22N4O3S. The average molecular weight is 338 g/mol. The Morgan fingerprint density at radius 2 is 2.00 bits per heavy atom. The summed E-state index contributed by atoms with van der Waals surface area (Å²) in [7, 11) is 0. The van der Waals surface area contributed by atoms with Crippen molar-refractivity contribution in [2.75, 3.05) is 37.7 Å². The van der Waals surface area contributed by atoms with Gasteiger partial charge in [-0.1, -0.05) is 11.3 Å². The summed E-state index contributed by atoms with van der Waals surface area (Å²) in [5.74, 6) is 0.136. The number of carbonyl (C=O) groups excluding carboxylic acids is 1. The fraction of sp³-hybridized carbons (Fsp3) is 0.800. The Labute approximate surface area is 139 Å². The van der Waals surface area contributed by atoms with Gasteiger partial charge in [-0.3, -0.25) is 4.79 Å². The number of rotatable bonds is 2. The van der Waals surface area contributed by atoms with E-state index in [2.05, 4.69) is 15.1 Å². The van der Waals surface area contributed by atoms with Gasteiger partial charge in [0, 0.05) is 19.6 Å².